The molecular formula is C11H10BrNO2. The monoisotopic (exact) mass is 267 g/mol. The molecule has 0 bridgehead atoms. The number of halogens is 1. The van der Waals surface area contributed by atoms with Crippen LogP contribution in [0.4, 0.5) is 0 Å². The lowest BCUT2D eigenvalue weighted by Crippen LogP contribution is -1.97. The number of rotatable bonds is 2. The van der Waals surface area contributed by atoms with E-state index in [1.54, 1.807) is 0 Å². The van der Waals surface area contributed by atoms with E-state index in [0.29, 0.717) is 6.54 Å². The number of benzene rings is 1. The van der Waals surface area contributed by atoms with Crippen LogP contribution in [-0.2, 0) is 6.54 Å². The molecule has 1 aromatic carbocycles. The third kappa shape index (κ3) is 2.15. The van der Waals surface area contributed by atoms with Crippen molar-refractivity contribution in [2.24, 2.45) is 0 Å². The lowest BCUT2D eigenvalue weighted by atomic mass is 10.2. The summed E-state index contributed by atoms with van der Waals surface area (Å²) in [4.78, 5) is 0. The molecule has 4 heteroatoms. The van der Waals surface area contributed by atoms with Crippen LogP contribution in [-0.4, -0.2) is 14.8 Å². The Hall–Kier alpha value is -1.42. The maximum absolute atomic E-state index is 9.45. The zero-order chi connectivity index (χ0) is 10.8. The highest BCUT2D eigenvalue weighted by atomic mass is 79.9. The molecule has 2 rings (SSSR count). The Labute approximate surface area is 95.7 Å². The average molecular weight is 268 g/mol. The molecule has 0 amide bonds. The molecule has 0 aliphatic heterocycles. The minimum Gasteiger partial charge on any atom is -0.494 e. The normalized spacial score (nSPS) is 10.5. The standard InChI is InChI=1S/C11H10BrNO2/c12-9-3-1-2-8(6-9)7-13-10(14)4-5-11(13)15/h1-6,14-15H,7H2. The van der Waals surface area contributed by atoms with Gasteiger partial charge < -0.3 is 10.2 Å². The predicted molar refractivity (Wildman–Crippen MR) is 61.0 cm³/mol. The lowest BCUT2D eigenvalue weighted by molar-refractivity contribution is 0.377. The largest absolute Gasteiger partial charge is 0.494 e. The van der Waals surface area contributed by atoms with Crippen LogP contribution in [0.5, 0.6) is 11.8 Å². The molecule has 2 aromatic rings. The van der Waals surface area contributed by atoms with Crippen molar-refractivity contribution >= 4 is 15.9 Å². The Morgan fingerprint density at radius 2 is 1.73 bits per heavy atom. The zero-order valence-corrected chi connectivity index (χ0v) is 9.48. The molecule has 2 N–H and O–H groups in total. The minimum absolute atomic E-state index is 0.0625. The molecule has 0 radical (unpaired) electrons. The first kappa shape index (κ1) is 10.1. The Kier molecular flexibility index (Phi) is 2.68. The number of hydrogen-bond donors (Lipinski definition) is 2. The number of aromatic nitrogens is 1. The molecule has 0 atom stereocenters. The number of nitrogens with zero attached hydrogens (tertiary/aromatic N) is 1. The maximum Gasteiger partial charge on any atom is 0.194 e. The smallest absolute Gasteiger partial charge is 0.194 e. The summed E-state index contributed by atoms with van der Waals surface area (Å²) in [7, 11) is 0. The summed E-state index contributed by atoms with van der Waals surface area (Å²) in [5.74, 6) is 0.125. The van der Waals surface area contributed by atoms with Gasteiger partial charge in [0.2, 0.25) is 0 Å². The first-order valence-corrected chi connectivity index (χ1v) is 5.28. The van der Waals surface area contributed by atoms with E-state index in [9.17, 15) is 10.2 Å². The van der Waals surface area contributed by atoms with Gasteiger partial charge >= 0.3 is 0 Å². The van der Waals surface area contributed by atoms with Crippen LogP contribution >= 0.6 is 15.9 Å². The van der Waals surface area contributed by atoms with Crippen molar-refractivity contribution in [1.29, 1.82) is 0 Å². The average Bonchev–Trinajstić information content (AvgIpc) is 2.50. The van der Waals surface area contributed by atoms with Crippen molar-refractivity contribution in [3.63, 3.8) is 0 Å². The molecular weight excluding hydrogens is 258 g/mol. The molecule has 0 unspecified atom stereocenters. The summed E-state index contributed by atoms with van der Waals surface area (Å²) >= 11 is 3.37. The quantitative estimate of drug-likeness (QED) is 0.879. The summed E-state index contributed by atoms with van der Waals surface area (Å²) in [6, 6.07) is 10.7. The molecule has 1 heterocycles. The highest BCUT2D eigenvalue weighted by Gasteiger charge is 2.05. The van der Waals surface area contributed by atoms with Gasteiger partial charge in [0, 0.05) is 16.6 Å². The minimum atomic E-state index is 0.0625. The second-order valence-corrected chi connectivity index (χ2v) is 4.18. The summed E-state index contributed by atoms with van der Waals surface area (Å²) in [6.45, 7) is 0.449. The zero-order valence-electron chi connectivity index (χ0n) is 7.89. The van der Waals surface area contributed by atoms with Gasteiger partial charge in [-0.25, -0.2) is 0 Å². The molecule has 15 heavy (non-hydrogen) atoms. The highest BCUT2D eigenvalue weighted by Crippen LogP contribution is 2.23. The van der Waals surface area contributed by atoms with E-state index in [2.05, 4.69) is 15.9 Å². The summed E-state index contributed by atoms with van der Waals surface area (Å²) in [5, 5.41) is 18.9. The van der Waals surface area contributed by atoms with Gasteiger partial charge in [-0.15, -0.1) is 0 Å². The first-order chi connectivity index (χ1) is 7.16. The van der Waals surface area contributed by atoms with E-state index < -0.39 is 0 Å². The molecule has 0 aliphatic rings. The van der Waals surface area contributed by atoms with Gasteiger partial charge in [-0.2, -0.15) is 0 Å². The van der Waals surface area contributed by atoms with E-state index in [4.69, 9.17) is 0 Å². The fraction of sp³-hybridized carbons (Fsp3) is 0.0909. The van der Waals surface area contributed by atoms with E-state index in [0.717, 1.165) is 10.0 Å². The Morgan fingerprint density at radius 1 is 1.07 bits per heavy atom. The molecule has 0 saturated carbocycles. The Morgan fingerprint density at radius 3 is 2.33 bits per heavy atom. The summed E-state index contributed by atoms with van der Waals surface area (Å²) < 4.78 is 2.41. The third-order valence-electron chi connectivity index (χ3n) is 2.16. The van der Waals surface area contributed by atoms with E-state index in [1.807, 2.05) is 24.3 Å². The SMILES string of the molecule is Oc1ccc(O)n1Cc1cccc(Br)c1. The van der Waals surface area contributed by atoms with Crippen LogP contribution in [0.1, 0.15) is 5.56 Å². The van der Waals surface area contributed by atoms with Crippen molar-refractivity contribution in [2.75, 3.05) is 0 Å². The van der Waals surface area contributed by atoms with Crippen LogP contribution in [0.25, 0.3) is 0 Å². The molecule has 3 nitrogen and oxygen atoms in total. The topological polar surface area (TPSA) is 45.4 Å². The van der Waals surface area contributed by atoms with E-state index in [1.165, 1.54) is 16.7 Å². The van der Waals surface area contributed by atoms with Gasteiger partial charge in [0.05, 0.1) is 6.54 Å². The van der Waals surface area contributed by atoms with E-state index >= 15 is 0 Å². The lowest BCUT2D eigenvalue weighted by Gasteiger charge is -2.06. The Balaban J connectivity index is 2.29. The van der Waals surface area contributed by atoms with Gasteiger partial charge in [0.15, 0.2) is 11.8 Å². The van der Waals surface area contributed by atoms with Crippen molar-refractivity contribution in [1.82, 2.24) is 4.57 Å². The number of hydrogen-bond acceptors (Lipinski definition) is 2. The molecule has 0 saturated heterocycles. The van der Waals surface area contributed by atoms with Crippen LogP contribution in [0.2, 0.25) is 0 Å². The first-order valence-electron chi connectivity index (χ1n) is 4.49. The van der Waals surface area contributed by atoms with Crippen molar-refractivity contribution in [3.05, 3.63) is 46.4 Å². The van der Waals surface area contributed by atoms with Crippen LogP contribution in [0.3, 0.4) is 0 Å². The number of aromatic hydroxyl groups is 2. The van der Waals surface area contributed by atoms with Crippen LogP contribution in [0, 0.1) is 0 Å². The second-order valence-electron chi connectivity index (χ2n) is 3.27. The van der Waals surface area contributed by atoms with E-state index in [-0.39, 0.29) is 11.8 Å². The van der Waals surface area contributed by atoms with Crippen molar-refractivity contribution in [3.8, 4) is 11.8 Å². The van der Waals surface area contributed by atoms with Gasteiger partial charge in [0.1, 0.15) is 0 Å². The fourth-order valence-corrected chi connectivity index (χ4v) is 1.87. The van der Waals surface area contributed by atoms with Crippen molar-refractivity contribution < 1.29 is 10.2 Å². The predicted octanol–water partition coefficient (Wildman–Crippen LogP) is 2.71. The van der Waals surface area contributed by atoms with Gasteiger partial charge in [-0.1, -0.05) is 28.1 Å². The highest BCUT2D eigenvalue weighted by molar-refractivity contribution is 9.10. The molecule has 0 aliphatic carbocycles. The Bertz CT molecular complexity index is 460. The van der Waals surface area contributed by atoms with Crippen molar-refractivity contribution in [2.45, 2.75) is 6.54 Å². The molecule has 0 fully saturated rings. The third-order valence-corrected chi connectivity index (χ3v) is 2.66. The maximum atomic E-state index is 9.45. The summed E-state index contributed by atoms with van der Waals surface area (Å²) in [5.41, 5.74) is 1.01. The van der Waals surface area contributed by atoms with Crippen LogP contribution in [0.15, 0.2) is 40.9 Å². The summed E-state index contributed by atoms with van der Waals surface area (Å²) in [6.07, 6.45) is 0. The molecule has 0 spiro atoms. The van der Waals surface area contributed by atoms with Gasteiger partial charge in [-0.05, 0) is 17.7 Å². The van der Waals surface area contributed by atoms with Crippen LogP contribution < -0.4 is 0 Å². The van der Waals surface area contributed by atoms with Gasteiger partial charge in [0.25, 0.3) is 0 Å². The molecule has 78 valence electrons. The second kappa shape index (κ2) is 3.98. The molecule has 1 aromatic heterocycles. The van der Waals surface area contributed by atoms with Gasteiger partial charge in [-0.3, -0.25) is 4.57 Å². The fourth-order valence-electron chi connectivity index (χ4n) is 1.43.